The number of nitrogens with one attached hydrogen (secondary N) is 1. The Morgan fingerprint density at radius 3 is 2.73 bits per heavy atom. The number of aromatic amines is 1. The van der Waals surface area contributed by atoms with Crippen LogP contribution in [0, 0.1) is 10.1 Å². The van der Waals surface area contributed by atoms with Crippen molar-refractivity contribution in [3.05, 3.63) is 96.3 Å². The molecule has 4 rings (SSSR count). The molecule has 0 amide bonds. The van der Waals surface area contributed by atoms with E-state index in [1.54, 1.807) is 30.3 Å². The zero-order valence-corrected chi connectivity index (χ0v) is 16.7. The molecular weight excluding hydrogens is 430 g/mol. The number of benzene rings is 2. The summed E-state index contributed by atoms with van der Waals surface area (Å²) >= 11 is 7.19. The highest BCUT2D eigenvalue weighted by atomic mass is 35.5. The summed E-state index contributed by atoms with van der Waals surface area (Å²) in [4.78, 5) is 46.7. The van der Waals surface area contributed by atoms with E-state index >= 15 is 0 Å². The highest BCUT2D eigenvalue weighted by Gasteiger charge is 2.13. The second-order valence-electron chi connectivity index (χ2n) is 6.18. The number of rotatable bonds is 5. The standard InChI is InChI=1S/C19H12ClN5O4S/c20-12-4-2-5-13(8-12)24-17(26)15-9-21-18(22-16(15)23-19(24)27)30-10-11-3-1-6-14(7-11)25(28)29/h1-9H,10H2,(H,21,22,23,27). The summed E-state index contributed by atoms with van der Waals surface area (Å²) in [5.74, 6) is 0.386. The summed E-state index contributed by atoms with van der Waals surface area (Å²) in [7, 11) is 0. The van der Waals surface area contributed by atoms with E-state index in [0.717, 1.165) is 10.1 Å². The number of hydrogen-bond donors (Lipinski definition) is 1. The third-order valence-corrected chi connectivity index (χ3v) is 5.35. The molecule has 0 radical (unpaired) electrons. The van der Waals surface area contributed by atoms with E-state index in [1.807, 2.05) is 0 Å². The Hall–Kier alpha value is -3.50. The number of hydrogen-bond acceptors (Lipinski definition) is 7. The van der Waals surface area contributed by atoms with Gasteiger partial charge < -0.3 is 0 Å². The topological polar surface area (TPSA) is 124 Å². The molecule has 30 heavy (non-hydrogen) atoms. The van der Waals surface area contributed by atoms with Gasteiger partial charge in [0.15, 0.2) is 10.8 Å². The third-order valence-electron chi connectivity index (χ3n) is 4.18. The van der Waals surface area contributed by atoms with E-state index in [2.05, 4.69) is 15.0 Å². The summed E-state index contributed by atoms with van der Waals surface area (Å²) in [5, 5.41) is 11.8. The van der Waals surface area contributed by atoms with Crippen molar-refractivity contribution in [3.8, 4) is 5.69 Å². The number of nitro groups is 1. The van der Waals surface area contributed by atoms with Crippen LogP contribution in [0.15, 0.2) is 69.5 Å². The molecule has 11 heteroatoms. The molecule has 0 atom stereocenters. The first kappa shape index (κ1) is 19.8. The van der Waals surface area contributed by atoms with Crippen LogP contribution in [-0.4, -0.2) is 24.4 Å². The van der Waals surface area contributed by atoms with Gasteiger partial charge in [-0.05, 0) is 23.8 Å². The minimum atomic E-state index is -0.650. The van der Waals surface area contributed by atoms with E-state index in [4.69, 9.17) is 11.6 Å². The zero-order valence-electron chi connectivity index (χ0n) is 15.1. The van der Waals surface area contributed by atoms with Gasteiger partial charge in [-0.1, -0.05) is 41.6 Å². The number of fused-ring (bicyclic) bond motifs is 1. The molecule has 150 valence electrons. The van der Waals surface area contributed by atoms with Crippen LogP contribution in [0.3, 0.4) is 0 Å². The number of nitrogens with zero attached hydrogens (tertiary/aromatic N) is 4. The van der Waals surface area contributed by atoms with Crippen molar-refractivity contribution in [1.29, 1.82) is 0 Å². The Labute approximate surface area is 177 Å². The van der Waals surface area contributed by atoms with Crippen LogP contribution in [-0.2, 0) is 5.75 Å². The predicted molar refractivity (Wildman–Crippen MR) is 113 cm³/mol. The second-order valence-corrected chi connectivity index (χ2v) is 7.56. The van der Waals surface area contributed by atoms with E-state index in [-0.39, 0.29) is 16.7 Å². The molecule has 0 saturated heterocycles. The Balaban J connectivity index is 1.66. The number of aromatic nitrogens is 4. The fourth-order valence-corrected chi connectivity index (χ4v) is 3.76. The van der Waals surface area contributed by atoms with Crippen LogP contribution in [0.25, 0.3) is 16.7 Å². The smallest absolute Gasteiger partial charge is 0.291 e. The first-order valence-electron chi connectivity index (χ1n) is 8.56. The van der Waals surface area contributed by atoms with Crippen molar-refractivity contribution in [1.82, 2.24) is 19.5 Å². The lowest BCUT2D eigenvalue weighted by Crippen LogP contribution is -2.34. The molecule has 0 saturated carbocycles. The molecule has 0 unspecified atom stereocenters. The summed E-state index contributed by atoms with van der Waals surface area (Å²) in [6.45, 7) is 0. The van der Waals surface area contributed by atoms with Crippen LogP contribution in [0.5, 0.6) is 0 Å². The van der Waals surface area contributed by atoms with Crippen LogP contribution in [0.4, 0.5) is 5.69 Å². The highest BCUT2D eigenvalue weighted by Crippen LogP contribution is 2.22. The van der Waals surface area contributed by atoms with Crippen molar-refractivity contribution in [2.45, 2.75) is 10.9 Å². The Morgan fingerprint density at radius 2 is 1.97 bits per heavy atom. The van der Waals surface area contributed by atoms with Gasteiger partial charge in [-0.25, -0.2) is 19.3 Å². The molecule has 1 N–H and O–H groups in total. The van der Waals surface area contributed by atoms with Gasteiger partial charge in [-0.15, -0.1) is 0 Å². The lowest BCUT2D eigenvalue weighted by molar-refractivity contribution is -0.384. The number of H-pyrrole nitrogens is 1. The fraction of sp³-hybridized carbons (Fsp3) is 0.0526. The maximum absolute atomic E-state index is 12.8. The zero-order chi connectivity index (χ0) is 21.3. The quantitative estimate of drug-likeness (QED) is 0.218. The van der Waals surface area contributed by atoms with E-state index in [9.17, 15) is 19.7 Å². The SMILES string of the molecule is O=c1[nH]c2nc(SCc3cccc([N+](=O)[O-])c3)ncc2c(=O)n1-c1cccc(Cl)c1. The highest BCUT2D eigenvalue weighted by molar-refractivity contribution is 7.98. The van der Waals surface area contributed by atoms with E-state index in [0.29, 0.717) is 21.6 Å². The number of halogens is 1. The molecule has 4 aromatic rings. The van der Waals surface area contributed by atoms with Crippen molar-refractivity contribution < 1.29 is 4.92 Å². The van der Waals surface area contributed by atoms with Gasteiger partial charge in [0.25, 0.3) is 11.2 Å². The van der Waals surface area contributed by atoms with Crippen LogP contribution in [0.2, 0.25) is 5.02 Å². The summed E-state index contributed by atoms with van der Waals surface area (Å²) in [5.41, 5.74) is -0.0462. The Morgan fingerprint density at radius 1 is 1.17 bits per heavy atom. The van der Waals surface area contributed by atoms with Crippen molar-refractivity contribution in [3.63, 3.8) is 0 Å². The minimum Gasteiger partial charge on any atom is -0.291 e. The average Bonchev–Trinajstić information content (AvgIpc) is 2.72. The monoisotopic (exact) mass is 441 g/mol. The molecule has 0 fully saturated rings. The average molecular weight is 442 g/mol. The number of nitro benzene ring substituents is 1. The molecule has 2 aromatic carbocycles. The van der Waals surface area contributed by atoms with Gasteiger partial charge in [0.1, 0.15) is 5.39 Å². The summed E-state index contributed by atoms with van der Waals surface area (Å²) in [6.07, 6.45) is 1.34. The van der Waals surface area contributed by atoms with Gasteiger partial charge in [0.05, 0.1) is 10.6 Å². The van der Waals surface area contributed by atoms with Gasteiger partial charge in [-0.2, -0.15) is 0 Å². The summed E-state index contributed by atoms with van der Waals surface area (Å²) < 4.78 is 0.966. The first-order valence-corrected chi connectivity index (χ1v) is 9.93. The molecule has 0 aliphatic carbocycles. The van der Waals surface area contributed by atoms with Crippen LogP contribution >= 0.6 is 23.4 Å². The van der Waals surface area contributed by atoms with Crippen LogP contribution in [0.1, 0.15) is 5.56 Å². The third kappa shape index (κ3) is 3.95. The molecular formula is C19H12ClN5O4S. The van der Waals surface area contributed by atoms with Crippen molar-refractivity contribution in [2.75, 3.05) is 0 Å². The van der Waals surface area contributed by atoms with Gasteiger partial charge in [-0.3, -0.25) is 19.9 Å². The lowest BCUT2D eigenvalue weighted by Gasteiger charge is -2.07. The molecule has 0 bridgehead atoms. The van der Waals surface area contributed by atoms with Gasteiger partial charge in [0.2, 0.25) is 0 Å². The van der Waals surface area contributed by atoms with E-state index in [1.165, 1.54) is 36.2 Å². The minimum absolute atomic E-state index is 0.00146. The first-order chi connectivity index (χ1) is 14.4. The largest absolute Gasteiger partial charge is 0.334 e. The number of non-ortho nitro benzene ring substituents is 1. The normalized spacial score (nSPS) is 11.0. The molecule has 9 nitrogen and oxygen atoms in total. The van der Waals surface area contributed by atoms with E-state index < -0.39 is 16.2 Å². The second kappa shape index (κ2) is 8.09. The fourth-order valence-electron chi connectivity index (χ4n) is 2.81. The maximum Gasteiger partial charge on any atom is 0.334 e. The molecule has 2 aromatic heterocycles. The maximum atomic E-state index is 12.8. The molecule has 2 heterocycles. The lowest BCUT2D eigenvalue weighted by atomic mass is 10.2. The van der Waals surface area contributed by atoms with Gasteiger partial charge in [0, 0.05) is 29.1 Å². The number of thioether (sulfide) groups is 1. The van der Waals surface area contributed by atoms with Crippen LogP contribution < -0.4 is 11.2 Å². The predicted octanol–water partition coefficient (Wildman–Crippen LogP) is 3.32. The van der Waals surface area contributed by atoms with Crippen molar-refractivity contribution >= 4 is 40.1 Å². The summed E-state index contributed by atoms with van der Waals surface area (Å²) in [6, 6.07) is 12.6. The Bertz CT molecular complexity index is 1400. The molecule has 0 aliphatic rings. The van der Waals surface area contributed by atoms with Crippen molar-refractivity contribution in [2.24, 2.45) is 0 Å². The molecule has 0 aliphatic heterocycles. The molecule has 0 spiro atoms. The van der Waals surface area contributed by atoms with Gasteiger partial charge >= 0.3 is 5.69 Å². The Kier molecular flexibility index (Phi) is 5.34.